The summed E-state index contributed by atoms with van der Waals surface area (Å²) in [4.78, 5) is 30.0. The van der Waals surface area contributed by atoms with Gasteiger partial charge in [0.2, 0.25) is 5.91 Å². The van der Waals surface area contributed by atoms with E-state index < -0.39 is 11.7 Å². The molecule has 2 heterocycles. The van der Waals surface area contributed by atoms with E-state index in [-0.39, 0.29) is 46.2 Å². The molecule has 0 aliphatic carbocycles. The van der Waals surface area contributed by atoms with Gasteiger partial charge in [-0.05, 0) is 53.4 Å². The number of carbonyl (C=O) groups is 2. The van der Waals surface area contributed by atoms with Crippen LogP contribution in [0, 0.1) is 0 Å². The Hall–Kier alpha value is -4.23. The van der Waals surface area contributed by atoms with Gasteiger partial charge in [-0.3, -0.25) is 14.2 Å². The fraction of sp³-hybridized carbons (Fsp3) is 0.233. The van der Waals surface area contributed by atoms with Gasteiger partial charge in [0.1, 0.15) is 0 Å². The third-order valence-corrected chi connectivity index (χ3v) is 8.31. The summed E-state index contributed by atoms with van der Waals surface area (Å²) in [5.41, 5.74) is 1.48. The monoisotopic (exact) mass is 624 g/mol. The van der Waals surface area contributed by atoms with E-state index in [9.17, 15) is 22.8 Å². The zero-order valence-corrected chi connectivity index (χ0v) is 25.0. The maximum Gasteiger partial charge on any atom is 0.416 e. The van der Waals surface area contributed by atoms with Crippen LogP contribution in [0.15, 0.2) is 78.0 Å². The number of hydrogen-bond acceptors (Lipinski definition) is 7. The third-order valence-electron chi connectivity index (χ3n) is 6.42. The van der Waals surface area contributed by atoms with Gasteiger partial charge >= 0.3 is 6.18 Å². The lowest BCUT2D eigenvalue weighted by molar-refractivity contribution is -0.137. The molecule has 5 rings (SSSR count). The third kappa shape index (κ3) is 7.23. The normalized spacial score (nSPS) is 12.0. The van der Waals surface area contributed by atoms with Crippen LogP contribution in [0.2, 0.25) is 0 Å². The minimum atomic E-state index is -4.57. The SMILES string of the molecule is CC(C)(C)c1ccc(C(=O)NCc2nnc(SCC(=O)Nc3nc4ccccc4s3)n2-c2cccc(C(F)(F)F)c2)cc1. The highest BCUT2D eigenvalue weighted by atomic mass is 32.2. The number of nitrogens with zero attached hydrogens (tertiary/aromatic N) is 4. The Bertz CT molecular complexity index is 1740. The van der Waals surface area contributed by atoms with Crippen molar-refractivity contribution in [2.75, 3.05) is 11.1 Å². The Balaban J connectivity index is 1.35. The van der Waals surface area contributed by atoms with Gasteiger partial charge in [-0.15, -0.1) is 10.2 Å². The van der Waals surface area contributed by atoms with Crippen LogP contribution in [-0.2, 0) is 22.9 Å². The van der Waals surface area contributed by atoms with Crippen molar-refractivity contribution in [3.8, 4) is 5.69 Å². The predicted octanol–water partition coefficient (Wildman–Crippen LogP) is 6.85. The molecule has 2 N–H and O–H groups in total. The molecule has 0 saturated heterocycles. The molecular formula is C30H27F3N6O2S2. The topological polar surface area (TPSA) is 102 Å². The zero-order valence-electron chi connectivity index (χ0n) is 23.4. The van der Waals surface area contributed by atoms with Crippen molar-refractivity contribution < 1.29 is 22.8 Å². The molecule has 0 spiro atoms. The first kappa shape index (κ1) is 30.2. The molecule has 0 unspecified atom stereocenters. The molecule has 3 aromatic carbocycles. The number of carbonyl (C=O) groups excluding carboxylic acids is 2. The summed E-state index contributed by atoms with van der Waals surface area (Å²) in [6.45, 7) is 6.11. The first-order chi connectivity index (χ1) is 20.4. The van der Waals surface area contributed by atoms with E-state index in [0.29, 0.717) is 10.7 Å². The van der Waals surface area contributed by atoms with Crippen LogP contribution in [0.25, 0.3) is 15.9 Å². The summed E-state index contributed by atoms with van der Waals surface area (Å²) in [6.07, 6.45) is -4.57. The highest BCUT2D eigenvalue weighted by molar-refractivity contribution is 7.99. The molecule has 2 aromatic heterocycles. The lowest BCUT2D eigenvalue weighted by Gasteiger charge is -2.19. The number of thiazole rings is 1. The average molecular weight is 625 g/mol. The average Bonchev–Trinajstić information content (AvgIpc) is 3.57. The first-order valence-corrected chi connectivity index (χ1v) is 15.0. The lowest BCUT2D eigenvalue weighted by Crippen LogP contribution is -2.25. The van der Waals surface area contributed by atoms with Crippen molar-refractivity contribution in [2.45, 2.75) is 44.1 Å². The fourth-order valence-corrected chi connectivity index (χ4v) is 5.84. The lowest BCUT2D eigenvalue weighted by atomic mass is 9.87. The fourth-order valence-electron chi connectivity index (χ4n) is 4.18. The van der Waals surface area contributed by atoms with Crippen molar-refractivity contribution in [2.24, 2.45) is 0 Å². The molecule has 222 valence electrons. The number of anilines is 1. The van der Waals surface area contributed by atoms with Crippen LogP contribution in [-0.4, -0.2) is 37.3 Å². The van der Waals surface area contributed by atoms with E-state index in [1.807, 2.05) is 36.4 Å². The Morgan fingerprint density at radius 1 is 0.930 bits per heavy atom. The van der Waals surface area contributed by atoms with E-state index in [4.69, 9.17) is 0 Å². The molecule has 8 nitrogen and oxygen atoms in total. The Labute approximate surface area is 253 Å². The van der Waals surface area contributed by atoms with E-state index >= 15 is 0 Å². The minimum Gasteiger partial charge on any atom is -0.345 e. The number of fused-ring (bicyclic) bond motifs is 1. The van der Waals surface area contributed by atoms with E-state index in [2.05, 4.69) is 46.6 Å². The number of hydrogen-bond donors (Lipinski definition) is 2. The largest absolute Gasteiger partial charge is 0.416 e. The van der Waals surface area contributed by atoms with Gasteiger partial charge < -0.3 is 10.6 Å². The van der Waals surface area contributed by atoms with Gasteiger partial charge in [0, 0.05) is 5.56 Å². The number of benzene rings is 3. The number of alkyl halides is 3. The Morgan fingerprint density at radius 2 is 1.67 bits per heavy atom. The van der Waals surface area contributed by atoms with Crippen LogP contribution >= 0.6 is 23.1 Å². The molecule has 0 radical (unpaired) electrons. The number of aromatic nitrogens is 4. The highest BCUT2D eigenvalue weighted by Gasteiger charge is 2.31. The number of para-hydroxylation sites is 1. The second-order valence-electron chi connectivity index (χ2n) is 10.6. The molecule has 43 heavy (non-hydrogen) atoms. The maximum atomic E-state index is 13.5. The number of thioether (sulfide) groups is 1. The van der Waals surface area contributed by atoms with Gasteiger partial charge in [-0.25, -0.2) is 4.98 Å². The number of rotatable bonds is 8. The van der Waals surface area contributed by atoms with Gasteiger partial charge in [0.25, 0.3) is 5.91 Å². The second-order valence-corrected chi connectivity index (χ2v) is 12.6. The van der Waals surface area contributed by atoms with Crippen LogP contribution in [0.4, 0.5) is 18.3 Å². The standard InChI is InChI=1S/C30H27F3N6O2S2/c1-29(2,3)19-13-11-18(12-14-19)26(41)34-16-24-37-38-28(39(24)21-8-6-7-20(15-21)30(31,32)33)42-17-25(40)36-27-35-22-9-4-5-10-23(22)43-27/h4-15H,16-17H2,1-3H3,(H,34,41)(H,35,36,40). The van der Waals surface area contributed by atoms with Gasteiger partial charge in [-0.1, -0.05) is 74.2 Å². The van der Waals surface area contributed by atoms with Crippen molar-refractivity contribution in [3.63, 3.8) is 0 Å². The molecule has 0 bridgehead atoms. The molecular weight excluding hydrogens is 597 g/mol. The Kier molecular flexibility index (Phi) is 8.56. The second kappa shape index (κ2) is 12.2. The van der Waals surface area contributed by atoms with Crippen LogP contribution in [0.3, 0.4) is 0 Å². The zero-order chi connectivity index (χ0) is 30.8. The Morgan fingerprint density at radius 3 is 2.37 bits per heavy atom. The van der Waals surface area contributed by atoms with Crippen molar-refractivity contribution in [1.29, 1.82) is 0 Å². The predicted molar refractivity (Wildman–Crippen MR) is 162 cm³/mol. The van der Waals surface area contributed by atoms with Gasteiger partial charge in [-0.2, -0.15) is 13.2 Å². The van der Waals surface area contributed by atoms with Crippen LogP contribution in [0.5, 0.6) is 0 Å². The molecule has 0 atom stereocenters. The van der Waals surface area contributed by atoms with Crippen molar-refractivity contribution in [1.82, 2.24) is 25.1 Å². The molecule has 0 saturated carbocycles. The van der Waals surface area contributed by atoms with Crippen LogP contribution < -0.4 is 10.6 Å². The summed E-state index contributed by atoms with van der Waals surface area (Å²) in [7, 11) is 0. The van der Waals surface area contributed by atoms with Crippen molar-refractivity contribution >= 4 is 50.3 Å². The summed E-state index contributed by atoms with van der Waals surface area (Å²) in [6, 6.07) is 19.4. The maximum absolute atomic E-state index is 13.5. The summed E-state index contributed by atoms with van der Waals surface area (Å²) in [5, 5.41) is 14.4. The summed E-state index contributed by atoms with van der Waals surface area (Å²) < 4.78 is 42.9. The molecule has 2 amide bonds. The molecule has 0 aliphatic heterocycles. The van der Waals surface area contributed by atoms with E-state index in [1.54, 1.807) is 12.1 Å². The van der Waals surface area contributed by atoms with E-state index in [0.717, 1.165) is 39.7 Å². The molecule has 5 aromatic rings. The quantitative estimate of drug-likeness (QED) is 0.183. The van der Waals surface area contributed by atoms with E-state index in [1.165, 1.54) is 28.0 Å². The van der Waals surface area contributed by atoms with Gasteiger partial charge in [0.05, 0.1) is 33.8 Å². The van der Waals surface area contributed by atoms with Crippen molar-refractivity contribution in [3.05, 3.63) is 95.3 Å². The first-order valence-electron chi connectivity index (χ1n) is 13.2. The highest BCUT2D eigenvalue weighted by Crippen LogP contribution is 2.32. The number of nitrogens with one attached hydrogen (secondary N) is 2. The van der Waals surface area contributed by atoms with Crippen LogP contribution in [0.1, 0.15) is 48.1 Å². The molecule has 0 fully saturated rings. The molecule has 13 heteroatoms. The number of halogens is 3. The summed E-state index contributed by atoms with van der Waals surface area (Å²) >= 11 is 2.34. The number of amides is 2. The molecule has 0 aliphatic rings. The smallest absolute Gasteiger partial charge is 0.345 e. The summed E-state index contributed by atoms with van der Waals surface area (Å²) in [5.74, 6) is -0.632. The van der Waals surface area contributed by atoms with Gasteiger partial charge in [0.15, 0.2) is 16.1 Å². The minimum absolute atomic E-state index is 0.0737.